The number of carbonyl (C=O) groups excluding carboxylic acids is 1. The van der Waals surface area contributed by atoms with E-state index in [1.165, 1.54) is 0 Å². The highest BCUT2D eigenvalue weighted by molar-refractivity contribution is 5.77. The molecule has 0 aromatic carbocycles. The Balaban J connectivity index is 2.37. The lowest BCUT2D eigenvalue weighted by atomic mass is 10.3. The standard InChI is InChI=1S/C10H16N2O4/c1-2-5-12(7-3-4-7)10(16)11-6-8(13)9(14)15/h2,7-8,13H,1,3-6H2,(H,11,16)(H,14,15)/t8-/m0/s1. The molecule has 1 fully saturated rings. The molecule has 0 bridgehead atoms. The summed E-state index contributed by atoms with van der Waals surface area (Å²) in [4.78, 5) is 23.5. The average molecular weight is 228 g/mol. The van der Waals surface area contributed by atoms with Crippen molar-refractivity contribution in [3.63, 3.8) is 0 Å². The van der Waals surface area contributed by atoms with Crippen molar-refractivity contribution in [3.05, 3.63) is 12.7 Å². The van der Waals surface area contributed by atoms with Crippen LogP contribution in [0.25, 0.3) is 0 Å². The van der Waals surface area contributed by atoms with Crippen LogP contribution in [0.2, 0.25) is 0 Å². The Hall–Kier alpha value is -1.56. The zero-order chi connectivity index (χ0) is 12.1. The van der Waals surface area contributed by atoms with E-state index in [-0.39, 0.29) is 18.6 Å². The first-order valence-corrected chi connectivity index (χ1v) is 5.12. The van der Waals surface area contributed by atoms with Gasteiger partial charge >= 0.3 is 12.0 Å². The Kier molecular flexibility index (Phi) is 4.30. The Morgan fingerprint density at radius 2 is 2.19 bits per heavy atom. The summed E-state index contributed by atoms with van der Waals surface area (Å²) in [5, 5.41) is 19.8. The van der Waals surface area contributed by atoms with Crippen LogP contribution in [-0.2, 0) is 4.79 Å². The van der Waals surface area contributed by atoms with Crippen molar-refractivity contribution >= 4 is 12.0 Å². The lowest BCUT2D eigenvalue weighted by Gasteiger charge is -2.21. The first kappa shape index (κ1) is 12.5. The molecule has 2 amide bonds. The zero-order valence-corrected chi connectivity index (χ0v) is 8.93. The highest BCUT2D eigenvalue weighted by atomic mass is 16.4. The molecule has 16 heavy (non-hydrogen) atoms. The van der Waals surface area contributed by atoms with Crippen LogP contribution < -0.4 is 5.32 Å². The molecule has 90 valence electrons. The molecule has 0 aromatic rings. The van der Waals surface area contributed by atoms with Gasteiger partial charge in [-0.3, -0.25) is 0 Å². The highest BCUT2D eigenvalue weighted by Gasteiger charge is 2.31. The van der Waals surface area contributed by atoms with Crippen LogP contribution in [0.3, 0.4) is 0 Å². The first-order chi connectivity index (χ1) is 7.56. The fourth-order valence-corrected chi connectivity index (χ4v) is 1.30. The maximum Gasteiger partial charge on any atom is 0.334 e. The number of aliphatic carboxylic acids is 1. The summed E-state index contributed by atoms with van der Waals surface area (Å²) in [5.74, 6) is -1.35. The predicted octanol–water partition coefficient (Wildman–Crippen LogP) is -0.208. The number of carbonyl (C=O) groups is 2. The number of carboxylic acid groups (broad SMARTS) is 1. The maximum atomic E-state index is 11.6. The zero-order valence-electron chi connectivity index (χ0n) is 8.93. The number of aliphatic hydroxyl groups is 1. The van der Waals surface area contributed by atoms with E-state index in [2.05, 4.69) is 11.9 Å². The van der Waals surface area contributed by atoms with E-state index in [9.17, 15) is 9.59 Å². The lowest BCUT2D eigenvalue weighted by molar-refractivity contribution is -0.146. The third-order valence-electron chi connectivity index (χ3n) is 2.31. The van der Waals surface area contributed by atoms with Gasteiger partial charge in [-0.15, -0.1) is 6.58 Å². The topological polar surface area (TPSA) is 89.9 Å². The van der Waals surface area contributed by atoms with Crippen LogP contribution in [-0.4, -0.2) is 52.3 Å². The molecule has 6 heteroatoms. The highest BCUT2D eigenvalue weighted by Crippen LogP contribution is 2.26. The number of hydrogen-bond donors (Lipinski definition) is 3. The number of amides is 2. The normalized spacial score (nSPS) is 16.3. The smallest absolute Gasteiger partial charge is 0.334 e. The number of hydrogen-bond acceptors (Lipinski definition) is 3. The van der Waals surface area contributed by atoms with Gasteiger partial charge in [0.2, 0.25) is 0 Å². The van der Waals surface area contributed by atoms with Crippen molar-refractivity contribution in [3.8, 4) is 0 Å². The molecule has 0 aromatic heterocycles. The molecule has 1 aliphatic rings. The largest absolute Gasteiger partial charge is 0.479 e. The molecule has 6 nitrogen and oxygen atoms in total. The Morgan fingerprint density at radius 3 is 2.62 bits per heavy atom. The fourth-order valence-electron chi connectivity index (χ4n) is 1.30. The van der Waals surface area contributed by atoms with Gasteiger partial charge in [0.1, 0.15) is 0 Å². The lowest BCUT2D eigenvalue weighted by Crippen LogP contribution is -2.45. The Bertz CT molecular complexity index is 289. The molecular formula is C10H16N2O4. The van der Waals surface area contributed by atoms with Crippen LogP contribution in [0.4, 0.5) is 4.79 Å². The molecular weight excluding hydrogens is 212 g/mol. The minimum absolute atomic E-state index is 0.222. The van der Waals surface area contributed by atoms with Crippen molar-refractivity contribution in [1.29, 1.82) is 0 Å². The van der Waals surface area contributed by atoms with E-state index in [0.717, 1.165) is 12.8 Å². The summed E-state index contributed by atoms with van der Waals surface area (Å²) >= 11 is 0. The second-order valence-corrected chi connectivity index (χ2v) is 3.71. The summed E-state index contributed by atoms with van der Waals surface area (Å²) < 4.78 is 0. The number of nitrogens with zero attached hydrogens (tertiary/aromatic N) is 1. The summed E-state index contributed by atoms with van der Waals surface area (Å²) in [6.07, 6.45) is 1.98. The molecule has 0 spiro atoms. The van der Waals surface area contributed by atoms with Gasteiger partial charge in [0.05, 0.1) is 6.54 Å². The molecule has 0 radical (unpaired) electrons. The number of carboxylic acids is 1. The average Bonchev–Trinajstić information content (AvgIpc) is 3.05. The number of rotatable bonds is 6. The van der Waals surface area contributed by atoms with E-state index >= 15 is 0 Å². The van der Waals surface area contributed by atoms with Crippen LogP contribution >= 0.6 is 0 Å². The van der Waals surface area contributed by atoms with Crippen molar-refractivity contribution in [2.75, 3.05) is 13.1 Å². The SMILES string of the molecule is C=CCN(C(=O)NC[C@H](O)C(=O)O)C1CC1. The van der Waals surface area contributed by atoms with E-state index in [4.69, 9.17) is 10.2 Å². The van der Waals surface area contributed by atoms with Crippen molar-refractivity contribution in [2.45, 2.75) is 25.0 Å². The van der Waals surface area contributed by atoms with Gasteiger partial charge in [0.15, 0.2) is 6.10 Å². The summed E-state index contributed by atoms with van der Waals surface area (Å²) in [7, 11) is 0. The van der Waals surface area contributed by atoms with Crippen molar-refractivity contribution in [1.82, 2.24) is 10.2 Å². The van der Waals surface area contributed by atoms with Crippen LogP contribution in [0, 0.1) is 0 Å². The molecule has 1 atom stereocenters. The predicted molar refractivity (Wildman–Crippen MR) is 57.0 cm³/mol. The van der Waals surface area contributed by atoms with Crippen molar-refractivity contribution in [2.24, 2.45) is 0 Å². The fraction of sp³-hybridized carbons (Fsp3) is 0.600. The minimum Gasteiger partial charge on any atom is -0.479 e. The third kappa shape index (κ3) is 3.54. The van der Waals surface area contributed by atoms with Gasteiger partial charge in [-0.2, -0.15) is 0 Å². The molecule has 0 heterocycles. The summed E-state index contributed by atoms with van der Waals surface area (Å²) in [6.45, 7) is 3.70. The molecule has 0 unspecified atom stereocenters. The van der Waals surface area contributed by atoms with Gasteiger partial charge in [0, 0.05) is 12.6 Å². The minimum atomic E-state index is -1.56. The maximum absolute atomic E-state index is 11.6. The monoisotopic (exact) mass is 228 g/mol. The molecule has 0 saturated heterocycles. The Labute approximate surface area is 93.5 Å². The van der Waals surface area contributed by atoms with E-state index in [1.807, 2.05) is 0 Å². The van der Waals surface area contributed by atoms with Crippen LogP contribution in [0.5, 0.6) is 0 Å². The second-order valence-electron chi connectivity index (χ2n) is 3.71. The quantitative estimate of drug-likeness (QED) is 0.549. The molecule has 1 aliphatic carbocycles. The third-order valence-corrected chi connectivity index (χ3v) is 2.31. The summed E-state index contributed by atoms with van der Waals surface area (Å²) in [6, 6.07) is -0.136. The van der Waals surface area contributed by atoms with E-state index < -0.39 is 12.1 Å². The number of urea groups is 1. The van der Waals surface area contributed by atoms with E-state index in [1.54, 1.807) is 11.0 Å². The van der Waals surface area contributed by atoms with E-state index in [0.29, 0.717) is 6.54 Å². The second kappa shape index (κ2) is 5.50. The first-order valence-electron chi connectivity index (χ1n) is 5.12. The Morgan fingerprint density at radius 1 is 1.56 bits per heavy atom. The molecule has 0 aliphatic heterocycles. The molecule has 1 rings (SSSR count). The van der Waals surface area contributed by atoms with Gasteiger partial charge in [-0.25, -0.2) is 9.59 Å². The summed E-state index contributed by atoms with van der Waals surface area (Å²) in [5.41, 5.74) is 0. The van der Waals surface area contributed by atoms with Gasteiger partial charge in [-0.05, 0) is 12.8 Å². The van der Waals surface area contributed by atoms with Gasteiger partial charge in [-0.1, -0.05) is 6.08 Å². The van der Waals surface area contributed by atoms with Crippen molar-refractivity contribution < 1.29 is 19.8 Å². The van der Waals surface area contributed by atoms with Gasteiger partial charge in [0.25, 0.3) is 0 Å². The number of nitrogens with one attached hydrogen (secondary N) is 1. The molecule has 1 saturated carbocycles. The van der Waals surface area contributed by atoms with Crippen LogP contribution in [0.1, 0.15) is 12.8 Å². The van der Waals surface area contributed by atoms with Gasteiger partial charge < -0.3 is 20.4 Å². The number of aliphatic hydroxyl groups excluding tert-OH is 1. The van der Waals surface area contributed by atoms with Crippen LogP contribution in [0.15, 0.2) is 12.7 Å². The molecule has 3 N–H and O–H groups in total.